The quantitative estimate of drug-likeness (QED) is 0.396. The van der Waals surface area contributed by atoms with E-state index in [1.165, 1.54) is 27.7 Å². The molecule has 0 bridgehead atoms. The maximum absolute atomic E-state index is 12.8. The van der Waals surface area contributed by atoms with Crippen molar-refractivity contribution in [2.24, 2.45) is 11.3 Å². The van der Waals surface area contributed by atoms with Crippen molar-refractivity contribution in [3.05, 3.63) is 59.8 Å². The van der Waals surface area contributed by atoms with Crippen LogP contribution in [0.25, 0.3) is 10.9 Å². The topological polar surface area (TPSA) is 78.0 Å². The molecule has 1 aromatic carbocycles. The number of epoxide rings is 1. The normalized spacial score (nSPS) is 45.9. The first-order valence-electron chi connectivity index (χ1n) is 14.0. The van der Waals surface area contributed by atoms with E-state index in [9.17, 15) is 10.2 Å². The molecule has 2 aliphatic heterocycles. The molecule has 3 heterocycles. The number of hydrogen-bond acceptors (Lipinski definition) is 4. The summed E-state index contributed by atoms with van der Waals surface area (Å²) in [4.78, 5) is 3.88. The monoisotopic (exact) mass is 503 g/mol. The zero-order valence-electron chi connectivity index (χ0n) is 22.9. The summed E-state index contributed by atoms with van der Waals surface area (Å²) in [5.74, 6) is 0.454. The van der Waals surface area contributed by atoms with Gasteiger partial charge in [0.2, 0.25) is 0 Å². The Morgan fingerprint density at radius 3 is 2.68 bits per heavy atom. The number of aromatic amines is 1. The van der Waals surface area contributed by atoms with Crippen LogP contribution in [0.3, 0.4) is 0 Å². The molecular weight excluding hydrogens is 462 g/mol. The number of fused-ring (bicyclic) bond motifs is 7. The van der Waals surface area contributed by atoms with Crippen LogP contribution in [0.5, 0.6) is 0 Å². The van der Waals surface area contributed by atoms with Crippen LogP contribution in [-0.2, 0) is 26.7 Å². The van der Waals surface area contributed by atoms with Crippen LogP contribution in [0.1, 0.15) is 77.1 Å². The van der Waals surface area contributed by atoms with Gasteiger partial charge in [-0.05, 0) is 67.7 Å². The number of benzene rings is 1. The standard InChI is InChI=1S/C32H41NO4/c1-8-28(4,5)18-9-10-20-21-15-19-11-14-31(35)29(6,30(19,7)26(21)33-22(20)16-18)13-12-23-32(31)27(37-32)24(34)25(36-23)17(2)3/h8-10,16,19,23-25,27,33-35H,1-2,11-15H2,3-7H3/t19-,23?,24?,25?,27?,29+,30+,31-,32?/m0/s1. The smallest absolute Gasteiger partial charge is 0.153 e. The van der Waals surface area contributed by atoms with E-state index in [1.54, 1.807) is 0 Å². The average molecular weight is 504 g/mol. The van der Waals surface area contributed by atoms with Crippen LogP contribution < -0.4 is 0 Å². The van der Waals surface area contributed by atoms with Crippen molar-refractivity contribution in [2.45, 2.75) is 113 Å². The Labute approximate surface area is 219 Å². The predicted molar refractivity (Wildman–Crippen MR) is 145 cm³/mol. The molecule has 7 rings (SSSR count). The SMILES string of the molecule is C=CC(C)(C)c1ccc2c3c([nH]c2c1)[C@@]1(C)[C@@H](CC[C@@]2(O)C45OC4C(O)C(C(=C)C)OC5CC[C@]12C)C3. The summed E-state index contributed by atoms with van der Waals surface area (Å²) in [6, 6.07) is 6.80. The summed E-state index contributed by atoms with van der Waals surface area (Å²) < 4.78 is 12.9. The molecule has 1 aromatic heterocycles. The van der Waals surface area contributed by atoms with Crippen LogP contribution in [0, 0.1) is 11.3 Å². The lowest BCUT2D eigenvalue weighted by molar-refractivity contribution is -0.265. The highest BCUT2D eigenvalue weighted by Crippen LogP contribution is 2.74. The van der Waals surface area contributed by atoms with Gasteiger partial charge in [-0.1, -0.05) is 52.5 Å². The third-order valence-corrected chi connectivity index (χ3v) is 12.0. The molecule has 9 atom stereocenters. The van der Waals surface area contributed by atoms with E-state index < -0.39 is 34.9 Å². The molecule has 5 heteroatoms. The number of aliphatic hydroxyl groups excluding tert-OH is 1. The van der Waals surface area contributed by atoms with Crippen LogP contribution in [0.4, 0.5) is 0 Å². The fourth-order valence-electron chi connectivity index (χ4n) is 9.37. The van der Waals surface area contributed by atoms with E-state index in [1.807, 2.05) is 13.0 Å². The second-order valence-corrected chi connectivity index (χ2v) is 13.8. The van der Waals surface area contributed by atoms with Crippen LogP contribution >= 0.6 is 0 Å². The van der Waals surface area contributed by atoms with Gasteiger partial charge < -0.3 is 24.7 Å². The minimum atomic E-state index is -1.09. The van der Waals surface area contributed by atoms with E-state index in [0.29, 0.717) is 12.3 Å². The van der Waals surface area contributed by atoms with Crippen molar-refractivity contribution in [3.8, 4) is 0 Å². The van der Waals surface area contributed by atoms with E-state index >= 15 is 0 Å². The zero-order chi connectivity index (χ0) is 26.3. The van der Waals surface area contributed by atoms with E-state index in [0.717, 1.165) is 31.3 Å². The Bertz CT molecular complexity index is 1360. The maximum atomic E-state index is 12.8. The van der Waals surface area contributed by atoms with Crippen molar-refractivity contribution in [2.75, 3.05) is 0 Å². The molecule has 1 spiro atoms. The molecule has 2 saturated heterocycles. The Morgan fingerprint density at radius 2 is 1.97 bits per heavy atom. The largest absolute Gasteiger partial charge is 0.387 e. The van der Waals surface area contributed by atoms with Gasteiger partial charge in [0.1, 0.15) is 23.9 Å². The van der Waals surface area contributed by atoms with Crippen molar-refractivity contribution in [3.63, 3.8) is 0 Å². The number of hydrogen-bond donors (Lipinski definition) is 3. The maximum Gasteiger partial charge on any atom is 0.153 e. The predicted octanol–water partition coefficient (Wildman–Crippen LogP) is 5.23. The highest BCUT2D eigenvalue weighted by Gasteiger charge is 2.86. The molecule has 3 N–H and O–H groups in total. The fraction of sp³-hybridized carbons (Fsp3) is 0.625. The zero-order valence-corrected chi connectivity index (χ0v) is 22.9. The van der Waals surface area contributed by atoms with E-state index in [4.69, 9.17) is 9.47 Å². The van der Waals surface area contributed by atoms with Crippen molar-refractivity contribution in [1.29, 1.82) is 0 Å². The molecule has 4 fully saturated rings. The summed E-state index contributed by atoms with van der Waals surface area (Å²) in [6.07, 6.45) is 4.41. The number of allylic oxidation sites excluding steroid dienone is 1. The summed E-state index contributed by atoms with van der Waals surface area (Å²) in [5, 5.41) is 25.3. The molecule has 37 heavy (non-hydrogen) atoms. The molecule has 2 saturated carbocycles. The highest BCUT2D eigenvalue weighted by atomic mass is 16.7. The summed E-state index contributed by atoms with van der Waals surface area (Å²) >= 11 is 0. The average Bonchev–Trinajstić information content (AvgIpc) is 3.44. The number of H-pyrrole nitrogens is 1. The number of ether oxygens (including phenoxy) is 2. The lowest BCUT2D eigenvalue weighted by atomic mass is 9.40. The molecule has 198 valence electrons. The van der Waals surface area contributed by atoms with Gasteiger partial charge in [0.25, 0.3) is 0 Å². The third-order valence-electron chi connectivity index (χ3n) is 12.0. The Kier molecular flexibility index (Phi) is 4.56. The number of aliphatic hydroxyl groups is 2. The molecule has 5 unspecified atom stereocenters. The molecule has 0 amide bonds. The molecular formula is C32H41NO4. The molecule has 2 aromatic rings. The van der Waals surface area contributed by atoms with Crippen molar-refractivity contribution >= 4 is 10.9 Å². The third kappa shape index (κ3) is 2.52. The summed E-state index contributed by atoms with van der Waals surface area (Å²) in [7, 11) is 0. The minimum Gasteiger partial charge on any atom is -0.387 e. The molecule has 0 radical (unpaired) electrons. The van der Waals surface area contributed by atoms with Gasteiger partial charge in [0.15, 0.2) is 5.60 Å². The Hall–Kier alpha value is -1.92. The molecule has 3 aliphatic carbocycles. The van der Waals surface area contributed by atoms with Gasteiger partial charge in [0, 0.05) is 32.8 Å². The number of rotatable bonds is 3. The highest BCUT2D eigenvalue weighted by molar-refractivity contribution is 5.87. The van der Waals surface area contributed by atoms with E-state index in [2.05, 4.69) is 64.0 Å². The second-order valence-electron chi connectivity index (χ2n) is 13.8. The minimum absolute atomic E-state index is 0.105. The van der Waals surface area contributed by atoms with Gasteiger partial charge in [-0.25, -0.2) is 0 Å². The lowest BCUT2D eigenvalue weighted by Crippen LogP contribution is -2.76. The lowest BCUT2D eigenvalue weighted by Gasteiger charge is -2.66. The van der Waals surface area contributed by atoms with Gasteiger partial charge >= 0.3 is 0 Å². The van der Waals surface area contributed by atoms with Crippen molar-refractivity contribution in [1.82, 2.24) is 4.98 Å². The first-order chi connectivity index (χ1) is 17.4. The fourth-order valence-corrected chi connectivity index (χ4v) is 9.37. The van der Waals surface area contributed by atoms with Gasteiger partial charge in [-0.3, -0.25) is 0 Å². The Morgan fingerprint density at radius 1 is 1.22 bits per heavy atom. The van der Waals surface area contributed by atoms with Crippen LogP contribution in [0.2, 0.25) is 0 Å². The van der Waals surface area contributed by atoms with Crippen molar-refractivity contribution < 1.29 is 19.7 Å². The number of aromatic nitrogens is 1. The second kappa shape index (κ2) is 6.98. The van der Waals surface area contributed by atoms with Gasteiger partial charge in [-0.15, -0.1) is 6.58 Å². The van der Waals surface area contributed by atoms with Gasteiger partial charge in [0.05, 0.1) is 6.10 Å². The number of nitrogens with one attached hydrogen (secondary N) is 1. The van der Waals surface area contributed by atoms with Gasteiger partial charge in [-0.2, -0.15) is 0 Å². The first-order valence-corrected chi connectivity index (χ1v) is 14.0. The van der Waals surface area contributed by atoms with E-state index in [-0.39, 0.29) is 16.9 Å². The molecule has 5 nitrogen and oxygen atoms in total. The first kappa shape index (κ1) is 24.1. The molecule has 5 aliphatic rings. The summed E-state index contributed by atoms with van der Waals surface area (Å²) in [5.41, 5.74) is 3.20. The Balaban J connectivity index is 1.35. The van der Waals surface area contributed by atoms with Crippen LogP contribution in [0.15, 0.2) is 43.0 Å². The summed E-state index contributed by atoms with van der Waals surface area (Å²) in [6.45, 7) is 19.0. The van der Waals surface area contributed by atoms with Crippen LogP contribution in [-0.4, -0.2) is 50.8 Å².